The van der Waals surface area contributed by atoms with Crippen LogP contribution in [-0.2, 0) is 19.1 Å². The van der Waals surface area contributed by atoms with Crippen molar-refractivity contribution < 1.29 is 23.9 Å². The number of amides is 2. The molecule has 0 aliphatic carbocycles. The number of anilines is 1. The Bertz CT molecular complexity index is 623. The maximum absolute atomic E-state index is 12.3. The predicted octanol–water partition coefficient (Wildman–Crippen LogP) is 0.717. The Morgan fingerprint density at radius 2 is 1.96 bits per heavy atom. The number of rotatable bonds is 6. The van der Waals surface area contributed by atoms with Gasteiger partial charge in [0.2, 0.25) is 5.91 Å². The minimum absolute atomic E-state index is 0. The highest BCUT2D eigenvalue weighted by molar-refractivity contribution is 5.97. The Kier molecular flexibility index (Phi) is 9.04. The number of benzene rings is 1. The summed E-state index contributed by atoms with van der Waals surface area (Å²) in [5.41, 5.74) is 1.03. The number of halogens is 1. The normalized spacial score (nSPS) is 19.0. The van der Waals surface area contributed by atoms with Gasteiger partial charge in [0, 0.05) is 24.3 Å². The van der Waals surface area contributed by atoms with Crippen molar-refractivity contribution >= 4 is 35.9 Å². The zero-order chi connectivity index (χ0) is 18.2. The standard InChI is InChI=1S/C17H23N3O5.ClH/c1-11-15(18-9-10-25-11)17(23)20-13-5-3-12(4-6-13)16(22)19-8-7-14(21)24-2;/h3-6,11,15,18H,7-10H2,1-2H3,(H,19,22)(H,20,23);1H/t11-,15+;/m1./s1. The van der Waals surface area contributed by atoms with Crippen LogP contribution in [0.4, 0.5) is 5.69 Å². The Labute approximate surface area is 158 Å². The fourth-order valence-electron chi connectivity index (χ4n) is 2.43. The Morgan fingerprint density at radius 3 is 2.58 bits per heavy atom. The van der Waals surface area contributed by atoms with Crippen LogP contribution in [0.1, 0.15) is 23.7 Å². The summed E-state index contributed by atoms with van der Waals surface area (Å²) in [7, 11) is 1.30. The lowest BCUT2D eigenvalue weighted by molar-refractivity contribution is -0.140. The molecule has 1 aliphatic rings. The molecule has 1 aromatic carbocycles. The number of morpholine rings is 1. The van der Waals surface area contributed by atoms with Crippen LogP contribution in [0.25, 0.3) is 0 Å². The fraction of sp³-hybridized carbons (Fsp3) is 0.471. The van der Waals surface area contributed by atoms with E-state index >= 15 is 0 Å². The van der Waals surface area contributed by atoms with Gasteiger partial charge in [-0.15, -0.1) is 12.4 Å². The van der Waals surface area contributed by atoms with Gasteiger partial charge in [0.15, 0.2) is 0 Å². The highest BCUT2D eigenvalue weighted by atomic mass is 35.5. The molecule has 2 atom stereocenters. The van der Waals surface area contributed by atoms with Gasteiger partial charge in [-0.2, -0.15) is 0 Å². The summed E-state index contributed by atoms with van der Waals surface area (Å²) in [6.45, 7) is 3.27. The monoisotopic (exact) mass is 385 g/mol. The van der Waals surface area contributed by atoms with Crippen LogP contribution in [0.2, 0.25) is 0 Å². The van der Waals surface area contributed by atoms with Crippen molar-refractivity contribution in [3.05, 3.63) is 29.8 Å². The molecule has 1 fully saturated rings. The Hall–Kier alpha value is -2.16. The molecule has 1 aromatic rings. The molecule has 0 saturated carbocycles. The number of carbonyl (C=O) groups is 3. The van der Waals surface area contributed by atoms with Crippen molar-refractivity contribution in [1.29, 1.82) is 0 Å². The molecule has 0 unspecified atom stereocenters. The van der Waals surface area contributed by atoms with E-state index in [1.54, 1.807) is 24.3 Å². The highest BCUT2D eigenvalue weighted by Gasteiger charge is 2.28. The highest BCUT2D eigenvalue weighted by Crippen LogP contribution is 2.12. The predicted molar refractivity (Wildman–Crippen MR) is 98.5 cm³/mol. The first-order chi connectivity index (χ1) is 12.0. The topological polar surface area (TPSA) is 106 Å². The lowest BCUT2D eigenvalue weighted by Crippen LogP contribution is -2.53. The van der Waals surface area contributed by atoms with E-state index in [4.69, 9.17) is 4.74 Å². The average molecular weight is 386 g/mol. The summed E-state index contributed by atoms with van der Waals surface area (Å²) in [5.74, 6) is -0.854. The number of ether oxygens (including phenoxy) is 2. The summed E-state index contributed by atoms with van der Waals surface area (Å²) >= 11 is 0. The molecular weight excluding hydrogens is 362 g/mol. The lowest BCUT2D eigenvalue weighted by atomic mass is 10.1. The SMILES string of the molecule is COC(=O)CCNC(=O)c1ccc(NC(=O)[C@H]2NCCO[C@@H]2C)cc1.Cl. The van der Waals surface area contributed by atoms with E-state index in [9.17, 15) is 14.4 Å². The largest absolute Gasteiger partial charge is 0.469 e. The molecule has 144 valence electrons. The first kappa shape index (κ1) is 21.9. The van der Waals surface area contributed by atoms with E-state index in [0.717, 1.165) is 0 Å². The molecule has 0 radical (unpaired) electrons. The molecule has 1 saturated heterocycles. The van der Waals surface area contributed by atoms with Gasteiger partial charge in [-0.1, -0.05) is 0 Å². The third-order valence-corrected chi connectivity index (χ3v) is 3.86. The molecule has 8 nitrogen and oxygen atoms in total. The molecular formula is C17H24ClN3O5. The molecule has 1 aliphatic heterocycles. The van der Waals surface area contributed by atoms with Crippen molar-refractivity contribution in [2.45, 2.75) is 25.5 Å². The van der Waals surface area contributed by atoms with Gasteiger partial charge in [-0.3, -0.25) is 14.4 Å². The summed E-state index contributed by atoms with van der Waals surface area (Å²) < 4.78 is 9.96. The van der Waals surface area contributed by atoms with Crippen LogP contribution in [0.3, 0.4) is 0 Å². The molecule has 9 heteroatoms. The first-order valence-electron chi connectivity index (χ1n) is 8.12. The zero-order valence-corrected chi connectivity index (χ0v) is 15.6. The van der Waals surface area contributed by atoms with E-state index in [1.807, 2.05) is 6.92 Å². The molecule has 1 heterocycles. The summed E-state index contributed by atoms with van der Waals surface area (Å²) in [5, 5.41) is 8.54. The third kappa shape index (κ3) is 6.29. The maximum atomic E-state index is 12.3. The number of esters is 1. The Morgan fingerprint density at radius 1 is 1.27 bits per heavy atom. The number of carbonyl (C=O) groups excluding carboxylic acids is 3. The van der Waals surface area contributed by atoms with Crippen LogP contribution in [0.5, 0.6) is 0 Å². The summed E-state index contributed by atoms with van der Waals surface area (Å²) in [6.07, 6.45) is -0.0843. The van der Waals surface area contributed by atoms with Crippen molar-refractivity contribution in [2.75, 3.05) is 32.1 Å². The smallest absolute Gasteiger partial charge is 0.307 e. The van der Waals surface area contributed by atoms with E-state index < -0.39 is 6.04 Å². The molecule has 26 heavy (non-hydrogen) atoms. The molecule has 0 spiro atoms. The molecule has 3 N–H and O–H groups in total. The van der Waals surface area contributed by atoms with Crippen LogP contribution in [0.15, 0.2) is 24.3 Å². The Balaban J connectivity index is 0.00000338. The van der Waals surface area contributed by atoms with Gasteiger partial charge in [-0.05, 0) is 31.2 Å². The van der Waals surface area contributed by atoms with Crippen molar-refractivity contribution in [3.8, 4) is 0 Å². The maximum Gasteiger partial charge on any atom is 0.307 e. The third-order valence-electron chi connectivity index (χ3n) is 3.86. The summed E-state index contributed by atoms with van der Waals surface area (Å²) in [4.78, 5) is 35.2. The second-order valence-corrected chi connectivity index (χ2v) is 5.66. The summed E-state index contributed by atoms with van der Waals surface area (Å²) in [6, 6.07) is 6.12. The van der Waals surface area contributed by atoms with E-state index in [-0.39, 0.29) is 49.3 Å². The van der Waals surface area contributed by atoms with Crippen molar-refractivity contribution in [1.82, 2.24) is 10.6 Å². The molecule has 0 bridgehead atoms. The van der Waals surface area contributed by atoms with Crippen molar-refractivity contribution in [2.24, 2.45) is 0 Å². The van der Waals surface area contributed by atoms with E-state index in [1.165, 1.54) is 7.11 Å². The van der Waals surface area contributed by atoms with Crippen LogP contribution in [0, 0.1) is 0 Å². The van der Waals surface area contributed by atoms with Gasteiger partial charge in [0.1, 0.15) is 6.04 Å². The van der Waals surface area contributed by atoms with Crippen LogP contribution < -0.4 is 16.0 Å². The number of hydrogen-bond acceptors (Lipinski definition) is 6. The minimum atomic E-state index is -0.407. The van der Waals surface area contributed by atoms with Gasteiger partial charge in [-0.25, -0.2) is 0 Å². The number of hydrogen-bond donors (Lipinski definition) is 3. The van der Waals surface area contributed by atoms with E-state index in [0.29, 0.717) is 24.4 Å². The van der Waals surface area contributed by atoms with Crippen LogP contribution in [-0.4, -0.2) is 56.7 Å². The van der Waals surface area contributed by atoms with Gasteiger partial charge in [0.25, 0.3) is 5.91 Å². The van der Waals surface area contributed by atoms with Crippen LogP contribution >= 0.6 is 12.4 Å². The second-order valence-electron chi connectivity index (χ2n) is 5.66. The zero-order valence-electron chi connectivity index (χ0n) is 14.7. The minimum Gasteiger partial charge on any atom is -0.469 e. The quantitative estimate of drug-likeness (QED) is 0.623. The van der Waals surface area contributed by atoms with Gasteiger partial charge in [0.05, 0.1) is 26.2 Å². The molecule has 0 aromatic heterocycles. The van der Waals surface area contributed by atoms with E-state index in [2.05, 4.69) is 20.7 Å². The van der Waals surface area contributed by atoms with Gasteiger partial charge >= 0.3 is 5.97 Å². The first-order valence-corrected chi connectivity index (χ1v) is 8.12. The molecule has 2 amide bonds. The average Bonchev–Trinajstić information content (AvgIpc) is 2.62. The fourth-order valence-corrected chi connectivity index (χ4v) is 2.43. The number of methoxy groups -OCH3 is 1. The second kappa shape index (κ2) is 10.7. The van der Waals surface area contributed by atoms with Gasteiger partial charge < -0.3 is 25.4 Å². The molecule has 2 rings (SSSR count). The lowest BCUT2D eigenvalue weighted by Gasteiger charge is -2.29. The van der Waals surface area contributed by atoms with Crippen molar-refractivity contribution in [3.63, 3.8) is 0 Å². The number of nitrogens with one attached hydrogen (secondary N) is 3.